The molecule has 1 aliphatic rings. The highest BCUT2D eigenvalue weighted by molar-refractivity contribution is 6.31. The standard InChI is InChI=1S/C27H23ClN4O3/c1-31(27(34)19-11-12-24-23(13-19)29-25(33)17-35-24)14-21-16-32(15-20-9-5-6-10-22(20)28)30-26(21)18-7-3-2-4-8-18/h2-13,16H,14-15,17H2,1H3,(H,29,33). The summed E-state index contributed by atoms with van der Waals surface area (Å²) < 4.78 is 7.24. The van der Waals surface area contributed by atoms with Gasteiger partial charge < -0.3 is 15.0 Å². The third-order valence-corrected chi connectivity index (χ3v) is 6.16. The summed E-state index contributed by atoms with van der Waals surface area (Å²) >= 11 is 6.36. The molecule has 4 aromatic rings. The Balaban J connectivity index is 1.42. The largest absolute Gasteiger partial charge is 0.482 e. The molecular formula is C27H23ClN4O3. The summed E-state index contributed by atoms with van der Waals surface area (Å²) in [6.07, 6.45) is 1.95. The van der Waals surface area contributed by atoms with Crippen LogP contribution in [0.2, 0.25) is 5.02 Å². The highest BCUT2D eigenvalue weighted by Gasteiger charge is 2.21. The summed E-state index contributed by atoms with van der Waals surface area (Å²) in [6, 6.07) is 22.6. The highest BCUT2D eigenvalue weighted by Crippen LogP contribution is 2.29. The average molecular weight is 487 g/mol. The number of rotatable bonds is 6. The average Bonchev–Trinajstić information content (AvgIpc) is 3.27. The Morgan fingerprint density at radius 1 is 1.09 bits per heavy atom. The molecule has 1 N–H and O–H groups in total. The molecule has 7 nitrogen and oxygen atoms in total. The van der Waals surface area contributed by atoms with Gasteiger partial charge >= 0.3 is 0 Å². The zero-order valence-electron chi connectivity index (χ0n) is 19.1. The van der Waals surface area contributed by atoms with Gasteiger partial charge in [0.15, 0.2) is 6.61 Å². The number of carbonyl (C=O) groups excluding carboxylic acids is 2. The predicted octanol–water partition coefficient (Wildman–Crippen LogP) is 4.85. The zero-order chi connectivity index (χ0) is 24.4. The molecule has 0 radical (unpaired) electrons. The number of ether oxygens (including phenoxy) is 1. The molecule has 3 aromatic carbocycles. The SMILES string of the molecule is CN(Cc1cn(Cc2ccccc2Cl)nc1-c1ccccc1)C(=O)c1ccc2c(c1)NC(=O)CO2. The fraction of sp³-hybridized carbons (Fsp3) is 0.148. The number of fused-ring (bicyclic) bond motifs is 1. The van der Waals surface area contributed by atoms with Crippen LogP contribution in [0.1, 0.15) is 21.5 Å². The van der Waals surface area contributed by atoms with Gasteiger partial charge in [0.1, 0.15) is 5.75 Å². The fourth-order valence-corrected chi connectivity index (χ4v) is 4.26. The van der Waals surface area contributed by atoms with Gasteiger partial charge in [-0.25, -0.2) is 0 Å². The molecule has 0 fully saturated rings. The maximum Gasteiger partial charge on any atom is 0.262 e. The van der Waals surface area contributed by atoms with Gasteiger partial charge in [-0.2, -0.15) is 5.10 Å². The maximum absolute atomic E-state index is 13.2. The normalized spacial score (nSPS) is 12.5. The second-order valence-corrected chi connectivity index (χ2v) is 8.77. The highest BCUT2D eigenvalue weighted by atomic mass is 35.5. The van der Waals surface area contributed by atoms with Crippen LogP contribution in [-0.2, 0) is 17.9 Å². The number of aromatic nitrogens is 2. The lowest BCUT2D eigenvalue weighted by Crippen LogP contribution is -2.28. The molecule has 2 heterocycles. The first-order valence-electron chi connectivity index (χ1n) is 11.2. The molecule has 0 saturated heterocycles. The van der Waals surface area contributed by atoms with E-state index in [1.165, 1.54) is 0 Å². The van der Waals surface area contributed by atoms with Gasteiger partial charge in [0, 0.05) is 41.5 Å². The van der Waals surface area contributed by atoms with Gasteiger partial charge in [0.05, 0.1) is 17.9 Å². The van der Waals surface area contributed by atoms with Crippen molar-refractivity contribution in [3.05, 3.63) is 101 Å². The van der Waals surface area contributed by atoms with Gasteiger partial charge in [-0.15, -0.1) is 0 Å². The van der Waals surface area contributed by atoms with E-state index >= 15 is 0 Å². The van der Waals surface area contributed by atoms with Crippen molar-refractivity contribution in [1.82, 2.24) is 14.7 Å². The molecule has 1 aliphatic heterocycles. The molecule has 0 aliphatic carbocycles. The molecule has 1 aromatic heterocycles. The number of hydrogen-bond donors (Lipinski definition) is 1. The van der Waals surface area contributed by atoms with Crippen molar-refractivity contribution >= 4 is 29.1 Å². The van der Waals surface area contributed by atoms with Crippen molar-refractivity contribution in [2.24, 2.45) is 0 Å². The van der Waals surface area contributed by atoms with E-state index in [1.807, 2.05) is 65.5 Å². The maximum atomic E-state index is 13.2. The number of halogens is 1. The van der Waals surface area contributed by atoms with E-state index in [4.69, 9.17) is 21.4 Å². The molecule has 0 bridgehead atoms. The van der Waals surface area contributed by atoms with Crippen LogP contribution in [0, 0.1) is 0 Å². The third kappa shape index (κ3) is 4.90. The lowest BCUT2D eigenvalue weighted by atomic mass is 10.1. The summed E-state index contributed by atoms with van der Waals surface area (Å²) in [6.45, 7) is 0.841. The molecule has 0 spiro atoms. The monoisotopic (exact) mass is 486 g/mol. The Morgan fingerprint density at radius 2 is 1.86 bits per heavy atom. The molecule has 0 atom stereocenters. The van der Waals surface area contributed by atoms with Crippen molar-refractivity contribution in [3.63, 3.8) is 0 Å². The van der Waals surface area contributed by atoms with Crippen molar-refractivity contribution in [1.29, 1.82) is 0 Å². The van der Waals surface area contributed by atoms with E-state index in [9.17, 15) is 9.59 Å². The van der Waals surface area contributed by atoms with Gasteiger partial charge in [0.25, 0.3) is 11.8 Å². The van der Waals surface area contributed by atoms with Crippen molar-refractivity contribution < 1.29 is 14.3 Å². The first-order valence-corrected chi connectivity index (χ1v) is 11.5. The van der Waals surface area contributed by atoms with E-state index in [0.717, 1.165) is 22.4 Å². The zero-order valence-corrected chi connectivity index (χ0v) is 19.8. The summed E-state index contributed by atoms with van der Waals surface area (Å²) in [5.74, 6) is 0.135. The minimum Gasteiger partial charge on any atom is -0.482 e. The number of anilines is 1. The second-order valence-electron chi connectivity index (χ2n) is 8.37. The summed E-state index contributed by atoms with van der Waals surface area (Å²) in [7, 11) is 1.75. The van der Waals surface area contributed by atoms with E-state index in [1.54, 1.807) is 30.1 Å². The number of carbonyl (C=O) groups is 2. The van der Waals surface area contributed by atoms with Crippen LogP contribution >= 0.6 is 11.6 Å². The Kier molecular flexibility index (Phi) is 6.25. The van der Waals surface area contributed by atoms with Crippen LogP contribution in [0.3, 0.4) is 0 Å². The number of nitrogens with one attached hydrogen (secondary N) is 1. The Bertz CT molecular complexity index is 1400. The van der Waals surface area contributed by atoms with Crippen molar-refractivity contribution in [2.45, 2.75) is 13.1 Å². The molecule has 0 saturated carbocycles. The minimum atomic E-state index is -0.242. The van der Waals surface area contributed by atoms with Crippen LogP contribution < -0.4 is 10.1 Å². The summed E-state index contributed by atoms with van der Waals surface area (Å²) in [5.41, 5.74) is 4.61. The predicted molar refractivity (Wildman–Crippen MR) is 135 cm³/mol. The quantitative estimate of drug-likeness (QED) is 0.422. The lowest BCUT2D eigenvalue weighted by Gasteiger charge is -2.21. The summed E-state index contributed by atoms with van der Waals surface area (Å²) in [5, 5.41) is 8.25. The van der Waals surface area contributed by atoms with Gasteiger partial charge in [-0.05, 0) is 29.8 Å². The minimum absolute atomic E-state index is 0.0271. The molecule has 35 heavy (non-hydrogen) atoms. The van der Waals surface area contributed by atoms with E-state index in [2.05, 4.69) is 5.32 Å². The van der Waals surface area contributed by atoms with Crippen LogP contribution in [0.5, 0.6) is 5.75 Å². The fourth-order valence-electron chi connectivity index (χ4n) is 4.06. The van der Waals surface area contributed by atoms with E-state index < -0.39 is 0 Å². The van der Waals surface area contributed by atoms with Gasteiger partial charge in [-0.1, -0.05) is 60.1 Å². The van der Waals surface area contributed by atoms with E-state index in [0.29, 0.717) is 35.1 Å². The van der Waals surface area contributed by atoms with Gasteiger partial charge in [-0.3, -0.25) is 14.3 Å². The topological polar surface area (TPSA) is 76.5 Å². The molecule has 176 valence electrons. The molecule has 2 amide bonds. The van der Waals surface area contributed by atoms with E-state index in [-0.39, 0.29) is 18.4 Å². The molecule has 0 unspecified atom stereocenters. The molecule has 8 heteroatoms. The molecular weight excluding hydrogens is 464 g/mol. The summed E-state index contributed by atoms with van der Waals surface area (Å²) in [4.78, 5) is 26.5. The Labute approximate surface area is 207 Å². The third-order valence-electron chi connectivity index (χ3n) is 5.79. The smallest absolute Gasteiger partial charge is 0.262 e. The first-order chi connectivity index (χ1) is 17.0. The Morgan fingerprint density at radius 3 is 2.66 bits per heavy atom. The molecule has 5 rings (SSSR count). The van der Waals surface area contributed by atoms with Crippen molar-refractivity contribution in [2.75, 3.05) is 19.0 Å². The Hall–Kier alpha value is -4.10. The van der Waals surface area contributed by atoms with Gasteiger partial charge in [0.2, 0.25) is 0 Å². The van der Waals surface area contributed by atoms with Crippen LogP contribution in [0.25, 0.3) is 11.3 Å². The number of amides is 2. The first kappa shape index (κ1) is 22.7. The van der Waals surface area contributed by atoms with Crippen molar-refractivity contribution in [3.8, 4) is 17.0 Å². The lowest BCUT2D eigenvalue weighted by molar-refractivity contribution is -0.118. The van der Waals surface area contributed by atoms with Crippen LogP contribution in [0.15, 0.2) is 79.0 Å². The second kappa shape index (κ2) is 9.64. The van der Waals surface area contributed by atoms with Crippen LogP contribution in [-0.4, -0.2) is 40.1 Å². The van der Waals surface area contributed by atoms with Crippen LogP contribution in [0.4, 0.5) is 5.69 Å². The number of nitrogens with zero attached hydrogens (tertiary/aromatic N) is 3. The number of benzene rings is 3. The number of hydrogen-bond acceptors (Lipinski definition) is 4.